The second-order valence-corrected chi connectivity index (χ2v) is 5.85. The van der Waals surface area contributed by atoms with Crippen molar-refractivity contribution >= 4 is 0 Å². The molecule has 2 aromatic rings. The summed E-state index contributed by atoms with van der Waals surface area (Å²) < 4.78 is 10.7. The van der Waals surface area contributed by atoms with Gasteiger partial charge in [0, 0.05) is 37.9 Å². The third-order valence-corrected chi connectivity index (χ3v) is 4.09. The van der Waals surface area contributed by atoms with Gasteiger partial charge in [-0.3, -0.25) is 4.90 Å². The molecular formula is C16H23N5O2. The fourth-order valence-electron chi connectivity index (χ4n) is 2.97. The zero-order chi connectivity index (χ0) is 16.1. The molecule has 1 fully saturated rings. The summed E-state index contributed by atoms with van der Waals surface area (Å²) in [4.78, 5) is 11.2. The number of methoxy groups -OCH3 is 1. The van der Waals surface area contributed by atoms with E-state index in [1.165, 1.54) is 0 Å². The number of rotatable bonds is 6. The summed E-state index contributed by atoms with van der Waals surface area (Å²) in [5.74, 6) is 2.56. The van der Waals surface area contributed by atoms with Gasteiger partial charge in [-0.15, -0.1) is 10.2 Å². The molecule has 1 atom stereocenters. The van der Waals surface area contributed by atoms with Crippen LogP contribution in [0.5, 0.6) is 0 Å². The molecule has 3 heterocycles. The maximum atomic E-state index is 5.62. The molecule has 1 saturated heterocycles. The number of aromatic nitrogens is 4. The highest BCUT2D eigenvalue weighted by atomic mass is 16.5. The number of hydrogen-bond donors (Lipinski definition) is 0. The van der Waals surface area contributed by atoms with Crippen molar-refractivity contribution in [3.63, 3.8) is 0 Å². The summed E-state index contributed by atoms with van der Waals surface area (Å²) in [6.07, 6.45) is 4.88. The highest BCUT2D eigenvalue weighted by Crippen LogP contribution is 2.26. The van der Waals surface area contributed by atoms with Crippen LogP contribution in [0, 0.1) is 0 Å². The lowest BCUT2D eigenvalue weighted by Gasteiger charge is -2.31. The van der Waals surface area contributed by atoms with Crippen molar-refractivity contribution < 1.29 is 9.15 Å². The highest BCUT2D eigenvalue weighted by Gasteiger charge is 2.24. The van der Waals surface area contributed by atoms with Gasteiger partial charge in [0.15, 0.2) is 5.82 Å². The van der Waals surface area contributed by atoms with E-state index >= 15 is 0 Å². The van der Waals surface area contributed by atoms with Crippen molar-refractivity contribution in [1.82, 2.24) is 25.1 Å². The van der Waals surface area contributed by atoms with E-state index in [-0.39, 0.29) is 0 Å². The summed E-state index contributed by atoms with van der Waals surface area (Å²) in [5.41, 5.74) is 1.09. The molecule has 0 N–H and O–H groups in total. The van der Waals surface area contributed by atoms with Crippen LogP contribution in [-0.4, -0.2) is 45.3 Å². The zero-order valence-electron chi connectivity index (χ0n) is 13.7. The first-order valence-electron chi connectivity index (χ1n) is 8.13. The van der Waals surface area contributed by atoms with E-state index in [0.717, 1.165) is 43.9 Å². The Morgan fingerprint density at radius 2 is 2.22 bits per heavy atom. The molecular weight excluding hydrogens is 294 g/mol. The number of ether oxygens (including phenoxy) is 1. The van der Waals surface area contributed by atoms with Crippen LogP contribution in [0.1, 0.15) is 49.0 Å². The Morgan fingerprint density at radius 3 is 3.00 bits per heavy atom. The molecule has 0 aromatic carbocycles. The minimum Gasteiger partial charge on any atom is -0.424 e. The monoisotopic (exact) mass is 317 g/mol. The van der Waals surface area contributed by atoms with Crippen LogP contribution in [0.25, 0.3) is 0 Å². The Balaban J connectivity index is 1.64. The second kappa shape index (κ2) is 7.61. The van der Waals surface area contributed by atoms with E-state index in [0.29, 0.717) is 30.9 Å². The van der Waals surface area contributed by atoms with Crippen molar-refractivity contribution in [3.05, 3.63) is 35.6 Å². The summed E-state index contributed by atoms with van der Waals surface area (Å²) in [5, 5.41) is 8.15. The summed E-state index contributed by atoms with van der Waals surface area (Å²) in [6.45, 7) is 5.18. The average molecular weight is 317 g/mol. The Kier molecular flexibility index (Phi) is 5.30. The van der Waals surface area contributed by atoms with E-state index in [1.807, 2.05) is 19.2 Å². The van der Waals surface area contributed by atoms with Gasteiger partial charge >= 0.3 is 0 Å². The molecule has 7 heteroatoms. The van der Waals surface area contributed by atoms with Crippen LogP contribution < -0.4 is 0 Å². The van der Waals surface area contributed by atoms with Gasteiger partial charge in [-0.1, -0.05) is 6.92 Å². The first kappa shape index (κ1) is 16.0. The molecule has 0 spiro atoms. The molecule has 7 nitrogen and oxygen atoms in total. The number of piperidine rings is 1. The predicted molar refractivity (Wildman–Crippen MR) is 83.7 cm³/mol. The summed E-state index contributed by atoms with van der Waals surface area (Å²) in [6, 6.07) is 2.01. The van der Waals surface area contributed by atoms with Crippen LogP contribution >= 0.6 is 0 Å². The molecule has 0 bridgehead atoms. The molecule has 1 aliphatic heterocycles. The lowest BCUT2D eigenvalue weighted by Crippen LogP contribution is -2.34. The third kappa shape index (κ3) is 4.11. The Bertz CT molecular complexity index is 630. The number of hydrogen-bond acceptors (Lipinski definition) is 7. The van der Waals surface area contributed by atoms with Gasteiger partial charge in [0.1, 0.15) is 6.61 Å². The molecule has 124 valence electrons. The largest absolute Gasteiger partial charge is 0.424 e. The lowest BCUT2D eigenvalue weighted by atomic mass is 9.94. The molecule has 0 saturated carbocycles. The molecule has 0 amide bonds. The average Bonchev–Trinajstić information content (AvgIpc) is 3.03. The summed E-state index contributed by atoms with van der Waals surface area (Å²) in [7, 11) is 1.66. The second-order valence-electron chi connectivity index (χ2n) is 5.85. The number of aryl methyl sites for hydroxylation is 1. The topological polar surface area (TPSA) is 77.2 Å². The number of nitrogens with zero attached hydrogens (tertiary/aromatic N) is 5. The molecule has 3 rings (SSSR count). The quantitative estimate of drug-likeness (QED) is 0.805. The third-order valence-electron chi connectivity index (χ3n) is 4.09. The SMILES string of the molecule is CCc1nnc(CN2CCC[C@H](c3ccnc(COC)n3)C2)o1. The van der Waals surface area contributed by atoms with Crippen molar-refractivity contribution in [3.8, 4) is 0 Å². The maximum Gasteiger partial charge on any atom is 0.230 e. The normalized spacial score (nSPS) is 19.1. The van der Waals surface area contributed by atoms with E-state index in [4.69, 9.17) is 9.15 Å². The molecule has 0 radical (unpaired) electrons. The molecule has 1 aliphatic rings. The Hall–Kier alpha value is -1.86. The van der Waals surface area contributed by atoms with Crippen LogP contribution in [-0.2, 0) is 24.3 Å². The minimum atomic E-state index is 0.413. The van der Waals surface area contributed by atoms with Gasteiger partial charge in [0.2, 0.25) is 11.8 Å². The van der Waals surface area contributed by atoms with Gasteiger partial charge in [0.05, 0.1) is 6.54 Å². The predicted octanol–water partition coefficient (Wildman–Crippen LogP) is 1.95. The van der Waals surface area contributed by atoms with Crippen molar-refractivity contribution in [1.29, 1.82) is 0 Å². The van der Waals surface area contributed by atoms with E-state index in [9.17, 15) is 0 Å². The smallest absolute Gasteiger partial charge is 0.230 e. The fraction of sp³-hybridized carbons (Fsp3) is 0.625. The molecule has 0 aliphatic carbocycles. The van der Waals surface area contributed by atoms with Gasteiger partial charge in [-0.05, 0) is 25.5 Å². The molecule has 23 heavy (non-hydrogen) atoms. The van der Waals surface area contributed by atoms with Gasteiger partial charge in [-0.2, -0.15) is 0 Å². The Labute approximate surface area is 136 Å². The van der Waals surface area contributed by atoms with Crippen molar-refractivity contribution in [2.45, 2.75) is 45.3 Å². The fourth-order valence-corrected chi connectivity index (χ4v) is 2.97. The van der Waals surface area contributed by atoms with Crippen LogP contribution in [0.4, 0.5) is 0 Å². The van der Waals surface area contributed by atoms with Gasteiger partial charge in [0.25, 0.3) is 0 Å². The van der Waals surface area contributed by atoms with Crippen LogP contribution in [0.3, 0.4) is 0 Å². The Morgan fingerprint density at radius 1 is 1.35 bits per heavy atom. The van der Waals surface area contributed by atoms with Gasteiger partial charge in [-0.25, -0.2) is 9.97 Å². The van der Waals surface area contributed by atoms with Crippen LogP contribution in [0.15, 0.2) is 16.7 Å². The maximum absolute atomic E-state index is 5.62. The first-order chi connectivity index (χ1) is 11.3. The van der Waals surface area contributed by atoms with Crippen molar-refractivity contribution in [2.75, 3.05) is 20.2 Å². The van der Waals surface area contributed by atoms with Gasteiger partial charge < -0.3 is 9.15 Å². The minimum absolute atomic E-state index is 0.413. The zero-order valence-corrected chi connectivity index (χ0v) is 13.7. The number of likely N-dealkylation sites (tertiary alicyclic amines) is 1. The van der Waals surface area contributed by atoms with E-state index in [1.54, 1.807) is 7.11 Å². The van der Waals surface area contributed by atoms with Crippen LogP contribution in [0.2, 0.25) is 0 Å². The molecule has 0 unspecified atom stereocenters. The molecule has 2 aromatic heterocycles. The summed E-state index contributed by atoms with van der Waals surface area (Å²) >= 11 is 0. The highest BCUT2D eigenvalue weighted by molar-refractivity contribution is 5.10. The van der Waals surface area contributed by atoms with E-state index in [2.05, 4.69) is 25.1 Å². The lowest BCUT2D eigenvalue weighted by molar-refractivity contribution is 0.173. The van der Waals surface area contributed by atoms with Crippen molar-refractivity contribution in [2.24, 2.45) is 0 Å². The first-order valence-corrected chi connectivity index (χ1v) is 8.13. The standard InChI is InChI=1S/C16H23N5O2/c1-3-15-19-20-16(23-15)10-21-8-4-5-12(9-21)13-6-7-17-14(18-13)11-22-2/h6-7,12H,3-5,8-11H2,1-2H3/t12-/m0/s1. The van der Waals surface area contributed by atoms with E-state index < -0.39 is 0 Å².